The first-order valence-electron chi connectivity index (χ1n) is 10.1. The van der Waals surface area contributed by atoms with E-state index in [1.165, 1.54) is 47.7 Å². The van der Waals surface area contributed by atoms with Gasteiger partial charge in [0.15, 0.2) is 5.82 Å². The molecule has 0 unspecified atom stereocenters. The number of hydrogen-bond donors (Lipinski definition) is 2. The summed E-state index contributed by atoms with van der Waals surface area (Å²) in [5.74, 6) is -1.59. The van der Waals surface area contributed by atoms with Gasteiger partial charge in [-0.2, -0.15) is 10.2 Å². The Labute approximate surface area is 198 Å². The van der Waals surface area contributed by atoms with Crippen molar-refractivity contribution in [2.24, 2.45) is 0 Å². The van der Waals surface area contributed by atoms with Gasteiger partial charge in [-0.1, -0.05) is 11.6 Å². The third-order valence-corrected chi connectivity index (χ3v) is 4.95. The van der Waals surface area contributed by atoms with Crippen LogP contribution in [0.5, 0.6) is 5.75 Å². The number of hydrogen-bond acceptors (Lipinski definition) is 6. The van der Waals surface area contributed by atoms with Crippen molar-refractivity contribution in [2.45, 2.75) is 20.0 Å². The molecule has 0 aliphatic heterocycles. The lowest BCUT2D eigenvalue weighted by Crippen LogP contribution is -2.16. The van der Waals surface area contributed by atoms with E-state index < -0.39 is 17.5 Å². The van der Waals surface area contributed by atoms with Gasteiger partial charge in [-0.25, -0.2) is 13.8 Å². The Bertz CT molecular complexity index is 1360. The van der Waals surface area contributed by atoms with Crippen LogP contribution in [0.15, 0.2) is 55.0 Å². The third kappa shape index (κ3) is 4.81. The number of nitrogen functional groups attached to an aromatic ring is 1. The second-order valence-electron chi connectivity index (χ2n) is 7.53. The predicted octanol–water partition coefficient (Wildman–Crippen LogP) is 4.88. The Morgan fingerprint density at radius 1 is 1.12 bits per heavy atom. The first-order valence-corrected chi connectivity index (χ1v) is 10.5. The summed E-state index contributed by atoms with van der Waals surface area (Å²) >= 11 is 6.23. The van der Waals surface area contributed by atoms with Crippen molar-refractivity contribution in [1.82, 2.24) is 20.0 Å². The van der Waals surface area contributed by atoms with Gasteiger partial charge in [0.1, 0.15) is 17.4 Å². The topological polar surface area (TPSA) is 108 Å². The minimum Gasteiger partial charge on any atom is -0.490 e. The molecular formula is C23H19ClF2N6O2. The number of ether oxygens (including phenoxy) is 1. The molecule has 0 aliphatic rings. The number of aromatic nitrogens is 4. The van der Waals surface area contributed by atoms with E-state index >= 15 is 4.39 Å². The number of nitrogens with two attached hydrogens (primary N) is 1. The van der Waals surface area contributed by atoms with E-state index in [1.807, 2.05) is 0 Å². The highest BCUT2D eigenvalue weighted by Gasteiger charge is 2.21. The van der Waals surface area contributed by atoms with Gasteiger partial charge in [0.05, 0.1) is 41.0 Å². The molecule has 0 radical (unpaired) electrons. The Hall–Kier alpha value is -4.05. The van der Waals surface area contributed by atoms with Crippen molar-refractivity contribution in [3.05, 3.63) is 77.2 Å². The van der Waals surface area contributed by atoms with E-state index in [0.717, 1.165) is 12.1 Å². The Kier molecular flexibility index (Phi) is 6.42. The molecule has 1 amide bonds. The quantitative estimate of drug-likeness (QED) is 0.377. The molecule has 0 bridgehead atoms. The fraction of sp³-hybridized carbons (Fsp3) is 0.130. The summed E-state index contributed by atoms with van der Waals surface area (Å²) in [6.45, 7) is 3.56. The first kappa shape index (κ1) is 23.1. The Morgan fingerprint density at radius 3 is 2.50 bits per heavy atom. The number of rotatable bonds is 6. The lowest BCUT2D eigenvalue weighted by atomic mass is 9.99. The van der Waals surface area contributed by atoms with E-state index in [4.69, 9.17) is 22.1 Å². The molecule has 4 aromatic rings. The molecule has 8 nitrogen and oxygen atoms in total. The van der Waals surface area contributed by atoms with Gasteiger partial charge in [0.2, 0.25) is 0 Å². The van der Waals surface area contributed by atoms with Crippen LogP contribution in [-0.4, -0.2) is 32.0 Å². The number of carbonyl (C=O) groups excluding carboxylic acids is 1. The van der Waals surface area contributed by atoms with Crippen LogP contribution in [0.2, 0.25) is 5.02 Å². The first-order chi connectivity index (χ1) is 16.2. The summed E-state index contributed by atoms with van der Waals surface area (Å²) in [6.07, 6.45) is 4.00. The molecule has 0 spiro atoms. The minimum absolute atomic E-state index is 0.109. The standard InChI is InChI=1S/C23H19ClF2N6O2/c1-12(2)34-21-10-17(19(26)9-16(21)15-4-3-13(25)7-20(15)27)23(33)31-14-8-18(24)22(28-11-14)32-29-5-6-30-32/h3-12H,27H2,1-2H3,(H,31,33). The summed E-state index contributed by atoms with van der Waals surface area (Å²) < 4.78 is 34.4. The maximum atomic E-state index is 15.1. The van der Waals surface area contributed by atoms with E-state index in [-0.39, 0.29) is 39.6 Å². The second-order valence-corrected chi connectivity index (χ2v) is 7.94. The summed E-state index contributed by atoms with van der Waals surface area (Å²) in [7, 11) is 0. The van der Waals surface area contributed by atoms with Gasteiger partial charge in [-0.05, 0) is 50.2 Å². The fourth-order valence-electron chi connectivity index (χ4n) is 3.24. The van der Waals surface area contributed by atoms with E-state index in [0.29, 0.717) is 11.1 Å². The van der Waals surface area contributed by atoms with Gasteiger partial charge >= 0.3 is 0 Å². The SMILES string of the molecule is CC(C)Oc1cc(C(=O)Nc2cnc(-n3nccn3)c(Cl)c2)c(F)cc1-c1ccc(F)cc1N. The van der Waals surface area contributed by atoms with Gasteiger partial charge in [0.25, 0.3) is 5.91 Å². The van der Waals surface area contributed by atoms with Crippen LogP contribution < -0.4 is 15.8 Å². The van der Waals surface area contributed by atoms with Crippen molar-refractivity contribution in [3.63, 3.8) is 0 Å². The molecule has 0 atom stereocenters. The predicted molar refractivity (Wildman–Crippen MR) is 124 cm³/mol. The number of amides is 1. The monoisotopic (exact) mass is 484 g/mol. The lowest BCUT2D eigenvalue weighted by Gasteiger charge is -2.18. The number of pyridine rings is 1. The summed E-state index contributed by atoms with van der Waals surface area (Å²) in [5, 5.41) is 10.7. The van der Waals surface area contributed by atoms with Gasteiger partial charge in [0, 0.05) is 16.8 Å². The normalized spacial score (nSPS) is 11.0. The molecular weight excluding hydrogens is 466 g/mol. The van der Waals surface area contributed by atoms with Crippen molar-refractivity contribution >= 4 is 28.9 Å². The van der Waals surface area contributed by atoms with Crippen molar-refractivity contribution < 1.29 is 18.3 Å². The number of halogens is 3. The molecule has 0 fully saturated rings. The molecule has 2 aromatic heterocycles. The van der Waals surface area contributed by atoms with Crippen LogP contribution >= 0.6 is 11.6 Å². The van der Waals surface area contributed by atoms with Crippen LogP contribution in [0, 0.1) is 11.6 Å². The largest absolute Gasteiger partial charge is 0.490 e. The van der Waals surface area contributed by atoms with Crippen LogP contribution in [0.3, 0.4) is 0 Å². The Balaban J connectivity index is 1.67. The van der Waals surface area contributed by atoms with Crippen LogP contribution in [0.4, 0.5) is 20.2 Å². The summed E-state index contributed by atoms with van der Waals surface area (Å²) in [6, 6.07) is 7.63. The number of nitrogens with one attached hydrogen (secondary N) is 1. The van der Waals surface area contributed by atoms with Crippen molar-refractivity contribution in [3.8, 4) is 22.7 Å². The zero-order chi connectivity index (χ0) is 24.4. The van der Waals surface area contributed by atoms with E-state index in [9.17, 15) is 9.18 Å². The average molecular weight is 485 g/mol. The molecule has 2 heterocycles. The number of nitrogens with zero attached hydrogens (tertiary/aromatic N) is 4. The van der Waals surface area contributed by atoms with Crippen molar-refractivity contribution in [2.75, 3.05) is 11.1 Å². The third-order valence-electron chi connectivity index (χ3n) is 4.67. The van der Waals surface area contributed by atoms with Gasteiger partial charge in [-0.3, -0.25) is 4.79 Å². The highest BCUT2D eigenvalue weighted by molar-refractivity contribution is 6.32. The number of carbonyl (C=O) groups is 1. The molecule has 34 heavy (non-hydrogen) atoms. The molecule has 2 aromatic carbocycles. The minimum atomic E-state index is -0.816. The maximum Gasteiger partial charge on any atom is 0.258 e. The van der Waals surface area contributed by atoms with E-state index in [1.54, 1.807) is 13.8 Å². The Morgan fingerprint density at radius 2 is 1.85 bits per heavy atom. The second kappa shape index (κ2) is 9.44. The van der Waals surface area contributed by atoms with E-state index in [2.05, 4.69) is 20.5 Å². The van der Waals surface area contributed by atoms with Gasteiger partial charge in [-0.15, -0.1) is 4.80 Å². The summed E-state index contributed by atoms with van der Waals surface area (Å²) in [5.41, 5.74) is 6.69. The van der Waals surface area contributed by atoms with Crippen LogP contribution in [-0.2, 0) is 0 Å². The van der Waals surface area contributed by atoms with Crippen molar-refractivity contribution in [1.29, 1.82) is 0 Å². The number of anilines is 2. The highest BCUT2D eigenvalue weighted by atomic mass is 35.5. The fourth-order valence-corrected chi connectivity index (χ4v) is 3.48. The van der Waals surface area contributed by atoms with Crippen LogP contribution in [0.1, 0.15) is 24.2 Å². The average Bonchev–Trinajstić information content (AvgIpc) is 3.29. The molecule has 0 saturated heterocycles. The smallest absolute Gasteiger partial charge is 0.258 e. The molecule has 0 saturated carbocycles. The molecule has 174 valence electrons. The zero-order valence-electron chi connectivity index (χ0n) is 18.1. The van der Waals surface area contributed by atoms with Crippen LogP contribution in [0.25, 0.3) is 16.9 Å². The maximum absolute atomic E-state index is 15.1. The molecule has 0 aliphatic carbocycles. The molecule has 3 N–H and O–H groups in total. The highest BCUT2D eigenvalue weighted by Crippen LogP contribution is 2.37. The molecule has 4 rings (SSSR count). The lowest BCUT2D eigenvalue weighted by molar-refractivity contribution is 0.102. The number of benzene rings is 2. The zero-order valence-corrected chi connectivity index (χ0v) is 18.8. The van der Waals surface area contributed by atoms with Gasteiger partial charge < -0.3 is 15.8 Å². The summed E-state index contributed by atoms with van der Waals surface area (Å²) in [4.78, 5) is 18.2. The molecule has 11 heteroatoms.